The van der Waals surface area contributed by atoms with Gasteiger partial charge in [0.15, 0.2) is 5.89 Å². The van der Waals surface area contributed by atoms with Gasteiger partial charge in [-0.05, 0) is 25.0 Å². The fourth-order valence-electron chi connectivity index (χ4n) is 3.52. The minimum atomic E-state index is -0.0539. The van der Waals surface area contributed by atoms with E-state index in [9.17, 15) is 4.79 Å². The average molecular weight is 379 g/mol. The largest absolute Gasteiger partial charge is 0.448 e. The number of benzene rings is 1. The van der Waals surface area contributed by atoms with Crippen molar-refractivity contribution in [3.8, 4) is 5.69 Å². The van der Waals surface area contributed by atoms with Crippen LogP contribution >= 0.6 is 0 Å². The molecule has 0 bridgehead atoms. The molecule has 1 atom stereocenters. The molecular weight excluding hydrogens is 354 g/mol. The molecule has 0 radical (unpaired) electrons. The highest BCUT2D eigenvalue weighted by atomic mass is 16.3. The van der Waals surface area contributed by atoms with Crippen LogP contribution in [0.5, 0.6) is 0 Å². The van der Waals surface area contributed by atoms with Gasteiger partial charge in [-0.15, -0.1) is 0 Å². The number of piperidine rings is 1. The fraction of sp³-hybridized carbons (Fsp3) is 0.429. The van der Waals surface area contributed by atoms with Crippen molar-refractivity contribution in [2.75, 3.05) is 13.1 Å². The number of hydrogen-bond acceptors (Lipinski definition) is 5. The molecule has 0 aliphatic carbocycles. The molecule has 2 aromatic heterocycles. The first-order valence-electron chi connectivity index (χ1n) is 9.64. The van der Waals surface area contributed by atoms with Crippen LogP contribution < -0.4 is 0 Å². The maximum atomic E-state index is 13.3. The van der Waals surface area contributed by atoms with Crippen molar-refractivity contribution >= 4 is 5.91 Å². The summed E-state index contributed by atoms with van der Waals surface area (Å²) in [6.07, 6.45) is 6.85. The first kappa shape index (κ1) is 18.4. The van der Waals surface area contributed by atoms with Gasteiger partial charge in [0.25, 0.3) is 5.91 Å². The molecule has 1 unspecified atom stereocenters. The van der Waals surface area contributed by atoms with Crippen LogP contribution in [0.2, 0.25) is 0 Å². The van der Waals surface area contributed by atoms with Crippen molar-refractivity contribution in [2.24, 2.45) is 0 Å². The summed E-state index contributed by atoms with van der Waals surface area (Å²) in [5.41, 5.74) is 2.18. The number of amides is 1. The molecule has 1 fully saturated rings. The van der Waals surface area contributed by atoms with Gasteiger partial charge in [-0.2, -0.15) is 15.0 Å². The van der Waals surface area contributed by atoms with Crippen LogP contribution in [0.15, 0.2) is 47.3 Å². The molecule has 1 aromatic carbocycles. The van der Waals surface area contributed by atoms with Crippen LogP contribution in [0.1, 0.15) is 61.5 Å². The zero-order valence-corrected chi connectivity index (χ0v) is 16.5. The summed E-state index contributed by atoms with van der Waals surface area (Å²) >= 11 is 0. The Morgan fingerprint density at radius 1 is 1.18 bits per heavy atom. The van der Waals surface area contributed by atoms with Gasteiger partial charge in [-0.1, -0.05) is 32.9 Å². The number of carbonyl (C=O) groups excluding carboxylic acids is 1. The van der Waals surface area contributed by atoms with Crippen molar-refractivity contribution in [2.45, 2.75) is 44.9 Å². The molecule has 0 spiro atoms. The summed E-state index contributed by atoms with van der Waals surface area (Å²) in [5.74, 6) is 0.827. The smallest absolute Gasteiger partial charge is 0.256 e. The summed E-state index contributed by atoms with van der Waals surface area (Å²) in [5, 5.41) is 8.35. The molecule has 4 rings (SSSR count). The minimum Gasteiger partial charge on any atom is -0.448 e. The standard InChI is InChI=1S/C21H25N5O2/c1-21(2,3)18-14-28-19(24-18)15-7-6-12-25(13-15)20(27)16-8-4-5-9-17(16)26-22-10-11-23-26/h4-5,8-11,14-15H,6-7,12-13H2,1-3H3. The Morgan fingerprint density at radius 3 is 2.64 bits per heavy atom. The molecule has 7 nitrogen and oxygen atoms in total. The molecule has 0 saturated carbocycles. The number of hydrogen-bond donors (Lipinski definition) is 0. The molecule has 1 aliphatic rings. The SMILES string of the molecule is CC(C)(C)c1coc(C2CCCN(C(=O)c3ccccc3-n3nccn3)C2)n1. The Hall–Kier alpha value is -2.96. The number of oxazole rings is 1. The van der Waals surface area contributed by atoms with Crippen molar-refractivity contribution in [1.82, 2.24) is 24.9 Å². The van der Waals surface area contributed by atoms with E-state index in [1.165, 1.54) is 4.80 Å². The van der Waals surface area contributed by atoms with Crippen LogP contribution in [0.25, 0.3) is 5.69 Å². The van der Waals surface area contributed by atoms with E-state index in [-0.39, 0.29) is 17.2 Å². The van der Waals surface area contributed by atoms with Crippen LogP contribution in [-0.4, -0.2) is 43.9 Å². The Bertz CT molecular complexity index is 955. The molecule has 28 heavy (non-hydrogen) atoms. The van der Waals surface area contributed by atoms with Gasteiger partial charge in [0.1, 0.15) is 6.26 Å². The first-order chi connectivity index (χ1) is 13.4. The lowest BCUT2D eigenvalue weighted by atomic mass is 9.93. The van der Waals surface area contributed by atoms with Gasteiger partial charge in [-0.25, -0.2) is 4.98 Å². The van der Waals surface area contributed by atoms with E-state index in [1.807, 2.05) is 29.2 Å². The maximum absolute atomic E-state index is 13.3. The zero-order chi connectivity index (χ0) is 19.7. The van der Waals surface area contributed by atoms with Gasteiger partial charge in [0, 0.05) is 18.5 Å². The third kappa shape index (κ3) is 3.56. The third-order valence-electron chi connectivity index (χ3n) is 5.12. The summed E-state index contributed by atoms with van der Waals surface area (Å²) in [6, 6.07) is 7.44. The molecule has 1 aliphatic heterocycles. The van der Waals surface area contributed by atoms with Gasteiger partial charge in [0.2, 0.25) is 0 Å². The highest BCUT2D eigenvalue weighted by molar-refractivity contribution is 5.97. The fourth-order valence-corrected chi connectivity index (χ4v) is 3.52. The van der Waals surface area contributed by atoms with Crippen molar-refractivity contribution < 1.29 is 9.21 Å². The number of aromatic nitrogens is 4. The highest BCUT2D eigenvalue weighted by Gasteiger charge is 2.30. The third-order valence-corrected chi connectivity index (χ3v) is 5.12. The second kappa shape index (κ2) is 7.22. The summed E-state index contributed by atoms with van der Waals surface area (Å²) in [4.78, 5) is 21.3. The monoisotopic (exact) mass is 379 g/mol. The molecule has 3 heterocycles. The Morgan fingerprint density at radius 2 is 1.93 bits per heavy atom. The predicted octanol–water partition coefficient (Wildman–Crippen LogP) is 3.57. The average Bonchev–Trinajstić information content (AvgIpc) is 3.39. The van der Waals surface area contributed by atoms with E-state index in [1.54, 1.807) is 18.7 Å². The molecule has 0 N–H and O–H groups in total. The van der Waals surface area contributed by atoms with Gasteiger partial charge >= 0.3 is 0 Å². The number of para-hydroxylation sites is 1. The maximum Gasteiger partial charge on any atom is 0.256 e. The summed E-state index contributed by atoms with van der Waals surface area (Å²) in [6.45, 7) is 7.68. The van der Waals surface area contributed by atoms with Crippen molar-refractivity contribution in [3.63, 3.8) is 0 Å². The first-order valence-corrected chi connectivity index (χ1v) is 9.64. The molecular formula is C21H25N5O2. The number of likely N-dealkylation sites (tertiary alicyclic amines) is 1. The van der Waals surface area contributed by atoms with Crippen LogP contribution in [0, 0.1) is 0 Å². The molecule has 3 aromatic rings. The van der Waals surface area contributed by atoms with E-state index < -0.39 is 0 Å². The second-order valence-electron chi connectivity index (χ2n) is 8.25. The summed E-state index contributed by atoms with van der Waals surface area (Å²) in [7, 11) is 0. The van der Waals surface area contributed by atoms with Crippen molar-refractivity contribution in [1.29, 1.82) is 0 Å². The Kier molecular flexibility index (Phi) is 4.75. The topological polar surface area (TPSA) is 77.0 Å². The van der Waals surface area contributed by atoms with E-state index in [2.05, 4.69) is 31.0 Å². The predicted molar refractivity (Wildman–Crippen MR) is 104 cm³/mol. The minimum absolute atomic E-state index is 0.0137. The number of carbonyl (C=O) groups is 1. The highest BCUT2D eigenvalue weighted by Crippen LogP contribution is 2.30. The molecule has 1 amide bonds. The van der Waals surface area contributed by atoms with E-state index in [0.717, 1.165) is 31.0 Å². The van der Waals surface area contributed by atoms with Crippen molar-refractivity contribution in [3.05, 3.63) is 60.1 Å². The second-order valence-corrected chi connectivity index (χ2v) is 8.25. The Labute approximate surface area is 164 Å². The van der Waals surface area contributed by atoms with Gasteiger partial charge in [-0.3, -0.25) is 4.79 Å². The van der Waals surface area contributed by atoms with Gasteiger partial charge in [0.05, 0.1) is 35.3 Å². The molecule has 146 valence electrons. The molecule has 7 heteroatoms. The lowest BCUT2D eigenvalue weighted by molar-refractivity contribution is 0.0698. The lowest BCUT2D eigenvalue weighted by Crippen LogP contribution is -2.39. The van der Waals surface area contributed by atoms with E-state index >= 15 is 0 Å². The van der Waals surface area contributed by atoms with E-state index in [0.29, 0.717) is 17.8 Å². The van der Waals surface area contributed by atoms with Crippen LogP contribution in [0.4, 0.5) is 0 Å². The summed E-state index contributed by atoms with van der Waals surface area (Å²) < 4.78 is 5.77. The normalized spacial score (nSPS) is 17.7. The van der Waals surface area contributed by atoms with Crippen LogP contribution in [0.3, 0.4) is 0 Å². The quantitative estimate of drug-likeness (QED) is 0.695. The molecule has 1 saturated heterocycles. The number of rotatable bonds is 3. The lowest BCUT2D eigenvalue weighted by Gasteiger charge is -2.31. The van der Waals surface area contributed by atoms with Crippen LogP contribution in [-0.2, 0) is 5.41 Å². The Balaban J connectivity index is 1.56. The zero-order valence-electron chi connectivity index (χ0n) is 16.5. The number of nitrogens with zero attached hydrogens (tertiary/aromatic N) is 5. The van der Waals surface area contributed by atoms with E-state index in [4.69, 9.17) is 9.40 Å². The van der Waals surface area contributed by atoms with Gasteiger partial charge < -0.3 is 9.32 Å².